The van der Waals surface area contributed by atoms with Crippen molar-refractivity contribution in [2.45, 2.75) is 18.6 Å². The molecule has 0 aliphatic heterocycles. The summed E-state index contributed by atoms with van der Waals surface area (Å²) in [6, 6.07) is 5.84. The lowest BCUT2D eigenvalue weighted by atomic mass is 9.90. The zero-order valence-electron chi connectivity index (χ0n) is 8.27. The lowest BCUT2D eigenvalue weighted by Gasteiger charge is -2.33. The number of benzene rings is 1. The first-order chi connectivity index (χ1) is 7.20. The topological polar surface area (TPSA) is 35.5 Å². The van der Waals surface area contributed by atoms with E-state index >= 15 is 0 Å². The van der Waals surface area contributed by atoms with Crippen LogP contribution < -0.4 is 4.74 Å². The number of hydrogen-bond acceptors (Lipinski definition) is 3. The van der Waals surface area contributed by atoms with Gasteiger partial charge in [-0.05, 0) is 12.1 Å². The Morgan fingerprint density at radius 2 is 2.27 bits per heavy atom. The number of Topliss-reactive ketones (excluding diaryl/α,β-unsaturated/α-hetero) is 1. The predicted molar refractivity (Wildman–Crippen MR) is 51.2 cm³/mol. The van der Waals surface area contributed by atoms with Crippen molar-refractivity contribution in [3.8, 4) is 5.75 Å². The average Bonchev–Trinajstić information content (AvgIpc) is 2.17. The maximum atomic E-state index is 12.8. The van der Waals surface area contributed by atoms with Gasteiger partial charge in [0.05, 0.1) is 0 Å². The van der Waals surface area contributed by atoms with Gasteiger partial charge in [-0.3, -0.25) is 4.79 Å². The van der Waals surface area contributed by atoms with Crippen LogP contribution in [0.2, 0.25) is 0 Å². The van der Waals surface area contributed by atoms with E-state index in [4.69, 9.17) is 9.47 Å². The highest BCUT2D eigenvalue weighted by molar-refractivity contribution is 5.90. The molecule has 0 saturated heterocycles. The van der Waals surface area contributed by atoms with Gasteiger partial charge < -0.3 is 9.47 Å². The van der Waals surface area contributed by atoms with E-state index in [0.29, 0.717) is 12.2 Å². The summed E-state index contributed by atoms with van der Waals surface area (Å²) in [6.45, 7) is 0. The second kappa shape index (κ2) is 3.98. The Bertz CT molecular complexity index is 378. The van der Waals surface area contributed by atoms with Gasteiger partial charge in [-0.1, -0.05) is 6.07 Å². The molecule has 2 unspecified atom stereocenters. The Labute approximate surface area is 86.8 Å². The highest BCUT2D eigenvalue weighted by atomic mass is 19.1. The Balaban J connectivity index is 2.01. The van der Waals surface area contributed by atoms with Gasteiger partial charge in [0.2, 0.25) is 0 Å². The number of hydrogen-bond donors (Lipinski definition) is 0. The van der Waals surface area contributed by atoms with Crippen LogP contribution >= 0.6 is 0 Å². The first-order valence-electron chi connectivity index (χ1n) is 4.68. The van der Waals surface area contributed by atoms with Gasteiger partial charge in [0.25, 0.3) is 0 Å². The van der Waals surface area contributed by atoms with Crippen molar-refractivity contribution >= 4 is 5.78 Å². The minimum atomic E-state index is -0.506. The molecule has 1 aliphatic rings. The van der Waals surface area contributed by atoms with Crippen LogP contribution in [0.1, 0.15) is 6.42 Å². The van der Waals surface area contributed by atoms with Crippen molar-refractivity contribution in [1.82, 2.24) is 0 Å². The van der Waals surface area contributed by atoms with Gasteiger partial charge in [-0.25, -0.2) is 4.39 Å². The SMILES string of the molecule is COC1C(=O)CC1Oc1cccc(F)c1. The highest BCUT2D eigenvalue weighted by Gasteiger charge is 2.41. The molecule has 1 fully saturated rings. The summed E-state index contributed by atoms with van der Waals surface area (Å²) in [5.41, 5.74) is 0. The monoisotopic (exact) mass is 210 g/mol. The molecule has 0 N–H and O–H groups in total. The Hall–Kier alpha value is -1.42. The molecule has 4 heteroatoms. The van der Waals surface area contributed by atoms with E-state index in [1.807, 2.05) is 0 Å². The molecule has 15 heavy (non-hydrogen) atoms. The third kappa shape index (κ3) is 1.99. The maximum Gasteiger partial charge on any atom is 0.169 e. The fraction of sp³-hybridized carbons (Fsp3) is 0.364. The Morgan fingerprint density at radius 1 is 1.47 bits per heavy atom. The summed E-state index contributed by atoms with van der Waals surface area (Å²) in [5, 5.41) is 0. The van der Waals surface area contributed by atoms with Crippen LogP contribution in [0.5, 0.6) is 5.75 Å². The summed E-state index contributed by atoms with van der Waals surface area (Å²) in [4.78, 5) is 11.1. The first-order valence-corrected chi connectivity index (χ1v) is 4.68. The molecule has 1 aromatic rings. The second-order valence-electron chi connectivity index (χ2n) is 3.44. The summed E-state index contributed by atoms with van der Waals surface area (Å²) in [6.07, 6.45) is -0.466. The number of methoxy groups -OCH3 is 1. The van der Waals surface area contributed by atoms with Crippen LogP contribution in [0.15, 0.2) is 24.3 Å². The molecule has 2 rings (SSSR count). The molecule has 0 spiro atoms. The van der Waals surface area contributed by atoms with E-state index in [1.54, 1.807) is 12.1 Å². The quantitative estimate of drug-likeness (QED) is 0.759. The first kappa shape index (κ1) is 10.1. The number of halogens is 1. The summed E-state index contributed by atoms with van der Waals surface area (Å²) >= 11 is 0. The summed E-state index contributed by atoms with van der Waals surface area (Å²) < 4.78 is 23.2. The fourth-order valence-electron chi connectivity index (χ4n) is 1.57. The smallest absolute Gasteiger partial charge is 0.169 e. The average molecular weight is 210 g/mol. The molecule has 80 valence electrons. The largest absolute Gasteiger partial charge is 0.487 e. The maximum absolute atomic E-state index is 12.8. The normalized spacial score (nSPS) is 24.8. The number of rotatable bonds is 3. The van der Waals surface area contributed by atoms with Gasteiger partial charge in [0.15, 0.2) is 11.9 Å². The highest BCUT2D eigenvalue weighted by Crippen LogP contribution is 2.25. The number of carbonyl (C=O) groups excluding carboxylic acids is 1. The summed E-state index contributed by atoms with van der Waals surface area (Å²) in [5.74, 6) is 0.0977. The zero-order chi connectivity index (χ0) is 10.8. The minimum absolute atomic E-state index is 0.0268. The van der Waals surface area contributed by atoms with Crippen LogP contribution in [0, 0.1) is 5.82 Å². The predicted octanol–water partition coefficient (Wildman–Crippen LogP) is 1.56. The van der Waals surface area contributed by atoms with Crippen LogP contribution in [0.25, 0.3) is 0 Å². The number of ether oxygens (including phenoxy) is 2. The van der Waals surface area contributed by atoms with E-state index in [-0.39, 0.29) is 17.7 Å². The van der Waals surface area contributed by atoms with Crippen molar-refractivity contribution in [2.75, 3.05) is 7.11 Å². The molecule has 2 atom stereocenters. The lowest BCUT2D eigenvalue weighted by Crippen LogP contribution is -2.51. The second-order valence-corrected chi connectivity index (χ2v) is 3.44. The van der Waals surface area contributed by atoms with E-state index in [2.05, 4.69) is 0 Å². The Morgan fingerprint density at radius 3 is 2.87 bits per heavy atom. The van der Waals surface area contributed by atoms with Crippen LogP contribution in [0.3, 0.4) is 0 Å². The van der Waals surface area contributed by atoms with E-state index < -0.39 is 6.10 Å². The summed E-state index contributed by atoms with van der Waals surface area (Å²) in [7, 11) is 1.46. The van der Waals surface area contributed by atoms with Gasteiger partial charge in [-0.2, -0.15) is 0 Å². The minimum Gasteiger partial charge on any atom is -0.487 e. The molecular formula is C11H11FO3. The van der Waals surface area contributed by atoms with Crippen molar-refractivity contribution < 1.29 is 18.7 Å². The number of ketones is 1. The van der Waals surface area contributed by atoms with Crippen molar-refractivity contribution in [2.24, 2.45) is 0 Å². The van der Waals surface area contributed by atoms with E-state index in [1.165, 1.54) is 19.2 Å². The molecule has 0 heterocycles. The molecule has 1 aliphatic carbocycles. The van der Waals surface area contributed by atoms with Crippen molar-refractivity contribution in [3.63, 3.8) is 0 Å². The van der Waals surface area contributed by atoms with Gasteiger partial charge >= 0.3 is 0 Å². The van der Waals surface area contributed by atoms with Crippen molar-refractivity contribution in [3.05, 3.63) is 30.1 Å². The zero-order valence-corrected chi connectivity index (χ0v) is 8.27. The van der Waals surface area contributed by atoms with E-state index in [0.717, 1.165) is 0 Å². The molecule has 1 aromatic carbocycles. The molecule has 3 nitrogen and oxygen atoms in total. The van der Waals surface area contributed by atoms with Gasteiger partial charge in [-0.15, -0.1) is 0 Å². The van der Waals surface area contributed by atoms with Gasteiger partial charge in [0, 0.05) is 19.6 Å². The molecule has 0 radical (unpaired) electrons. The van der Waals surface area contributed by atoms with E-state index in [9.17, 15) is 9.18 Å². The standard InChI is InChI=1S/C11H11FO3/c1-14-11-9(13)6-10(11)15-8-4-2-3-7(12)5-8/h2-5,10-11H,6H2,1H3. The van der Waals surface area contributed by atoms with Crippen molar-refractivity contribution in [1.29, 1.82) is 0 Å². The Kier molecular flexibility index (Phi) is 2.68. The van der Waals surface area contributed by atoms with Crippen LogP contribution in [0.4, 0.5) is 4.39 Å². The third-order valence-electron chi connectivity index (χ3n) is 2.39. The molecule has 0 aromatic heterocycles. The molecule has 1 saturated carbocycles. The molecular weight excluding hydrogens is 199 g/mol. The van der Waals surface area contributed by atoms with Gasteiger partial charge in [0.1, 0.15) is 17.7 Å². The lowest BCUT2D eigenvalue weighted by molar-refractivity contribution is -0.150. The number of carbonyl (C=O) groups is 1. The third-order valence-corrected chi connectivity index (χ3v) is 2.39. The van der Waals surface area contributed by atoms with Crippen LogP contribution in [-0.4, -0.2) is 25.1 Å². The molecule has 0 bridgehead atoms. The molecule has 0 amide bonds. The van der Waals surface area contributed by atoms with Crippen LogP contribution in [-0.2, 0) is 9.53 Å². The fourth-order valence-corrected chi connectivity index (χ4v) is 1.57.